The maximum Gasteiger partial charge on any atom is 0.0253 e. The van der Waals surface area contributed by atoms with Crippen molar-refractivity contribution in [3.63, 3.8) is 0 Å². The molecule has 0 aliphatic heterocycles. The van der Waals surface area contributed by atoms with Gasteiger partial charge in [-0.05, 0) is 42.0 Å². The first-order valence-corrected chi connectivity index (χ1v) is 7.08. The van der Waals surface area contributed by atoms with E-state index in [1.54, 1.807) is 0 Å². The van der Waals surface area contributed by atoms with Crippen molar-refractivity contribution >= 4 is 22.0 Å². The molecule has 0 unspecified atom stereocenters. The molecule has 0 saturated heterocycles. The Labute approximate surface area is 107 Å². The number of hydrogen-bond acceptors (Lipinski definition) is 0. The zero-order valence-corrected chi connectivity index (χ0v) is 11.5. The Morgan fingerprint density at radius 2 is 2.06 bits per heavy atom. The molecule has 1 aliphatic carbocycles. The van der Waals surface area contributed by atoms with Gasteiger partial charge in [0.25, 0.3) is 0 Å². The third-order valence-corrected chi connectivity index (χ3v) is 3.87. The summed E-state index contributed by atoms with van der Waals surface area (Å²) >= 11 is 3.67. The minimum Gasteiger partial charge on any atom is -0.0795 e. The van der Waals surface area contributed by atoms with Crippen molar-refractivity contribution in [2.75, 3.05) is 0 Å². The predicted octanol–water partition coefficient (Wildman–Crippen LogP) is 5.14. The normalized spacial score (nSPS) is 13.1. The molecule has 0 nitrogen and oxygen atoms in total. The Balaban J connectivity index is 1.99. The lowest BCUT2D eigenvalue weighted by molar-refractivity contribution is 0.666. The van der Waals surface area contributed by atoms with Gasteiger partial charge in [0.2, 0.25) is 0 Å². The molecule has 1 aliphatic rings. The average Bonchev–Trinajstić information content (AvgIpc) is 2.73. The highest BCUT2D eigenvalue weighted by Gasteiger charge is 2.09. The van der Waals surface area contributed by atoms with Crippen LogP contribution in [-0.2, 0) is 12.8 Å². The summed E-state index contributed by atoms with van der Waals surface area (Å²) in [5.41, 5.74) is 4.36. The van der Waals surface area contributed by atoms with E-state index in [4.69, 9.17) is 0 Å². The van der Waals surface area contributed by atoms with Crippen LogP contribution in [0.1, 0.15) is 49.3 Å². The van der Waals surface area contributed by atoms with E-state index in [0.717, 1.165) is 6.42 Å². The lowest BCUT2D eigenvalue weighted by Crippen LogP contribution is -1.91. The van der Waals surface area contributed by atoms with Crippen LogP contribution in [0.25, 0.3) is 6.08 Å². The second kappa shape index (κ2) is 5.67. The quantitative estimate of drug-likeness (QED) is 0.654. The van der Waals surface area contributed by atoms with Gasteiger partial charge in [0.05, 0.1) is 0 Å². The molecule has 0 heterocycles. The third kappa shape index (κ3) is 2.76. The summed E-state index contributed by atoms with van der Waals surface area (Å²) in [4.78, 5) is 0. The predicted molar refractivity (Wildman–Crippen MR) is 74.7 cm³/mol. The molecule has 1 aromatic rings. The third-order valence-electron chi connectivity index (χ3n) is 3.22. The molecule has 0 amide bonds. The molecule has 0 spiro atoms. The van der Waals surface area contributed by atoms with Crippen molar-refractivity contribution in [3.8, 4) is 0 Å². The lowest BCUT2D eigenvalue weighted by Gasteiger charge is -2.07. The zero-order valence-electron chi connectivity index (χ0n) is 9.93. The Morgan fingerprint density at radius 1 is 1.19 bits per heavy atom. The summed E-state index contributed by atoms with van der Waals surface area (Å²) in [7, 11) is 0. The number of hydrogen-bond donors (Lipinski definition) is 0. The van der Waals surface area contributed by atoms with E-state index in [0.29, 0.717) is 0 Å². The van der Waals surface area contributed by atoms with Crippen molar-refractivity contribution < 1.29 is 0 Å². The Kier molecular flexibility index (Phi) is 4.22. The summed E-state index contributed by atoms with van der Waals surface area (Å²) < 4.78 is 1.27. The monoisotopic (exact) mass is 278 g/mol. The largest absolute Gasteiger partial charge is 0.0795 e. The van der Waals surface area contributed by atoms with Crippen molar-refractivity contribution in [1.29, 1.82) is 0 Å². The first-order valence-electron chi connectivity index (χ1n) is 6.29. The second-order valence-electron chi connectivity index (χ2n) is 4.57. The second-order valence-corrected chi connectivity index (χ2v) is 5.42. The molecule has 1 aromatic carbocycles. The van der Waals surface area contributed by atoms with Crippen LogP contribution in [0.5, 0.6) is 0 Å². The molecule has 16 heavy (non-hydrogen) atoms. The van der Waals surface area contributed by atoms with Crippen LogP contribution in [0.2, 0.25) is 0 Å². The standard InChI is InChI=1S/C15H19Br/c1-2-3-4-5-7-12-10-13-8-6-9-14(13)15(16)11-12/h6,9-11H,2-5,7-8H2,1H3. The van der Waals surface area contributed by atoms with Gasteiger partial charge in [-0.25, -0.2) is 0 Å². The van der Waals surface area contributed by atoms with E-state index < -0.39 is 0 Å². The van der Waals surface area contributed by atoms with Gasteiger partial charge in [-0.1, -0.05) is 60.3 Å². The van der Waals surface area contributed by atoms with Crippen molar-refractivity contribution in [2.45, 2.75) is 45.4 Å². The number of allylic oxidation sites excluding steroid dienone is 1. The molecular formula is C15H19Br. The summed E-state index contributed by atoms with van der Waals surface area (Å²) in [6, 6.07) is 4.67. The topological polar surface area (TPSA) is 0 Å². The van der Waals surface area contributed by atoms with Crippen LogP contribution in [0.4, 0.5) is 0 Å². The van der Waals surface area contributed by atoms with Gasteiger partial charge in [0.15, 0.2) is 0 Å². The molecular weight excluding hydrogens is 260 g/mol. The molecule has 0 radical (unpaired) electrons. The fourth-order valence-electron chi connectivity index (χ4n) is 2.30. The van der Waals surface area contributed by atoms with Crippen LogP contribution in [0.15, 0.2) is 22.7 Å². The molecule has 0 aromatic heterocycles. The van der Waals surface area contributed by atoms with E-state index in [1.165, 1.54) is 53.3 Å². The summed E-state index contributed by atoms with van der Waals surface area (Å²) in [5, 5.41) is 0. The van der Waals surface area contributed by atoms with E-state index in [1.807, 2.05) is 0 Å². The maximum atomic E-state index is 3.67. The molecule has 86 valence electrons. The smallest absolute Gasteiger partial charge is 0.0253 e. The number of benzene rings is 1. The van der Waals surface area contributed by atoms with Crippen molar-refractivity contribution in [1.82, 2.24) is 0 Å². The molecule has 0 N–H and O–H groups in total. The Morgan fingerprint density at radius 3 is 2.88 bits per heavy atom. The van der Waals surface area contributed by atoms with Crippen LogP contribution in [0.3, 0.4) is 0 Å². The summed E-state index contributed by atoms with van der Waals surface area (Å²) in [6.45, 7) is 2.26. The highest BCUT2D eigenvalue weighted by Crippen LogP contribution is 2.29. The van der Waals surface area contributed by atoms with Crippen LogP contribution in [-0.4, -0.2) is 0 Å². The number of rotatable bonds is 5. The van der Waals surface area contributed by atoms with Gasteiger partial charge in [-0.2, -0.15) is 0 Å². The Bertz CT molecular complexity index is 391. The van der Waals surface area contributed by atoms with E-state index in [2.05, 4.69) is 47.1 Å². The highest BCUT2D eigenvalue weighted by atomic mass is 79.9. The fraction of sp³-hybridized carbons (Fsp3) is 0.467. The van der Waals surface area contributed by atoms with E-state index >= 15 is 0 Å². The highest BCUT2D eigenvalue weighted by molar-refractivity contribution is 9.10. The molecule has 0 saturated carbocycles. The Hall–Kier alpha value is -0.560. The number of unbranched alkanes of at least 4 members (excludes halogenated alkanes) is 3. The van der Waals surface area contributed by atoms with Crippen LogP contribution < -0.4 is 0 Å². The minimum atomic E-state index is 1.11. The van der Waals surface area contributed by atoms with Gasteiger partial charge in [-0.15, -0.1) is 0 Å². The fourth-order valence-corrected chi connectivity index (χ4v) is 2.98. The number of aryl methyl sites for hydroxylation is 1. The van der Waals surface area contributed by atoms with Crippen LogP contribution in [0, 0.1) is 0 Å². The van der Waals surface area contributed by atoms with Gasteiger partial charge in [0.1, 0.15) is 0 Å². The summed E-state index contributed by atoms with van der Waals surface area (Å²) in [5.74, 6) is 0. The first-order chi connectivity index (χ1) is 7.81. The van der Waals surface area contributed by atoms with Gasteiger partial charge >= 0.3 is 0 Å². The van der Waals surface area contributed by atoms with E-state index in [9.17, 15) is 0 Å². The zero-order chi connectivity index (χ0) is 11.4. The molecule has 0 atom stereocenters. The van der Waals surface area contributed by atoms with E-state index in [-0.39, 0.29) is 0 Å². The minimum absolute atomic E-state index is 1.11. The van der Waals surface area contributed by atoms with Gasteiger partial charge in [0, 0.05) is 4.47 Å². The molecule has 0 bridgehead atoms. The maximum absolute atomic E-state index is 3.67. The first kappa shape index (κ1) is 11.9. The average molecular weight is 279 g/mol. The lowest BCUT2D eigenvalue weighted by atomic mass is 10.0. The molecule has 1 heteroatoms. The van der Waals surface area contributed by atoms with Gasteiger partial charge < -0.3 is 0 Å². The number of halogens is 1. The molecule has 2 rings (SSSR count). The number of fused-ring (bicyclic) bond motifs is 1. The van der Waals surface area contributed by atoms with Crippen LogP contribution >= 0.6 is 15.9 Å². The molecule has 0 fully saturated rings. The van der Waals surface area contributed by atoms with Gasteiger partial charge in [-0.3, -0.25) is 0 Å². The van der Waals surface area contributed by atoms with Crippen molar-refractivity contribution in [2.24, 2.45) is 0 Å². The summed E-state index contributed by atoms with van der Waals surface area (Å²) in [6.07, 6.45) is 12.2. The SMILES string of the molecule is CCCCCCc1cc(Br)c2c(c1)CC=C2. The van der Waals surface area contributed by atoms with Crippen molar-refractivity contribution in [3.05, 3.63) is 39.4 Å².